The van der Waals surface area contributed by atoms with E-state index in [4.69, 9.17) is 14.2 Å². The fourth-order valence-electron chi connectivity index (χ4n) is 2.49. The number of aliphatic imine (C=N–C) groups is 1. The van der Waals surface area contributed by atoms with Crippen LogP contribution in [0.25, 0.3) is 0 Å². The summed E-state index contributed by atoms with van der Waals surface area (Å²) in [5, 5.41) is 6.66. The maximum Gasteiger partial charge on any atom is 0.190 e. The Bertz CT molecular complexity index is 521. The number of guanidine groups is 1. The number of benzene rings is 1. The van der Waals surface area contributed by atoms with E-state index >= 15 is 0 Å². The van der Waals surface area contributed by atoms with Crippen molar-refractivity contribution in [1.82, 2.24) is 10.6 Å². The molecule has 0 saturated heterocycles. The maximum atomic E-state index is 5.55. The van der Waals surface area contributed by atoms with E-state index in [0.717, 1.165) is 69.4 Å². The molecule has 0 aliphatic heterocycles. The molecule has 0 radical (unpaired) electrons. The fraction of sp³-hybridized carbons (Fsp3) is 0.650. The lowest BCUT2D eigenvalue weighted by atomic mass is 10.1. The summed E-state index contributed by atoms with van der Waals surface area (Å²) in [6, 6.07) is 6.06. The molecule has 1 aromatic rings. The van der Waals surface area contributed by atoms with E-state index in [2.05, 4.69) is 28.6 Å². The predicted molar refractivity (Wildman–Crippen MR) is 108 cm³/mol. The average molecular weight is 366 g/mol. The van der Waals surface area contributed by atoms with Crippen LogP contribution in [0.3, 0.4) is 0 Å². The van der Waals surface area contributed by atoms with Crippen LogP contribution in [0.15, 0.2) is 23.2 Å². The number of nitrogens with zero attached hydrogens (tertiary/aromatic N) is 1. The number of nitrogens with one attached hydrogen (secondary N) is 2. The van der Waals surface area contributed by atoms with Crippen molar-refractivity contribution in [3.05, 3.63) is 23.8 Å². The zero-order valence-electron chi connectivity index (χ0n) is 16.8. The van der Waals surface area contributed by atoms with E-state index in [1.165, 1.54) is 12.0 Å². The van der Waals surface area contributed by atoms with Crippen molar-refractivity contribution in [2.24, 2.45) is 4.99 Å². The first-order chi connectivity index (χ1) is 12.7. The van der Waals surface area contributed by atoms with Crippen LogP contribution in [0, 0.1) is 0 Å². The van der Waals surface area contributed by atoms with E-state index < -0.39 is 0 Å². The predicted octanol–water partition coefficient (Wildman–Crippen LogP) is 3.01. The molecule has 0 saturated carbocycles. The molecule has 1 rings (SSSR count). The summed E-state index contributed by atoms with van der Waals surface area (Å²) in [4.78, 5) is 4.25. The van der Waals surface area contributed by atoms with Crippen molar-refractivity contribution >= 4 is 5.96 Å². The first-order valence-electron chi connectivity index (χ1n) is 9.48. The summed E-state index contributed by atoms with van der Waals surface area (Å²) in [6.07, 6.45) is 5.27. The van der Waals surface area contributed by atoms with Gasteiger partial charge in [-0.2, -0.15) is 0 Å². The first-order valence-corrected chi connectivity index (χ1v) is 9.48. The summed E-state index contributed by atoms with van der Waals surface area (Å²) >= 11 is 0. The molecule has 148 valence electrons. The molecule has 0 aliphatic rings. The minimum atomic E-state index is 0.762. The lowest BCUT2D eigenvalue weighted by Gasteiger charge is -2.12. The first kappa shape index (κ1) is 22.1. The molecule has 1 aromatic carbocycles. The van der Waals surface area contributed by atoms with Gasteiger partial charge in [0.25, 0.3) is 0 Å². The van der Waals surface area contributed by atoms with E-state index in [1.807, 2.05) is 12.1 Å². The van der Waals surface area contributed by atoms with Crippen LogP contribution < -0.4 is 20.1 Å². The Kier molecular flexibility index (Phi) is 12.1. The SMILES string of the molecule is CCCCOCCCNC(=NC)NCCCc1ccc(OC)c(OC)c1. The van der Waals surface area contributed by atoms with Crippen molar-refractivity contribution < 1.29 is 14.2 Å². The molecule has 0 spiro atoms. The highest BCUT2D eigenvalue weighted by atomic mass is 16.5. The van der Waals surface area contributed by atoms with Crippen LogP contribution in [-0.2, 0) is 11.2 Å². The lowest BCUT2D eigenvalue weighted by Crippen LogP contribution is -2.38. The van der Waals surface area contributed by atoms with Crippen LogP contribution >= 0.6 is 0 Å². The molecule has 0 bridgehead atoms. The molecule has 0 fully saturated rings. The number of rotatable bonds is 13. The molecule has 0 atom stereocenters. The number of hydrogen-bond donors (Lipinski definition) is 2. The Labute approximate surface area is 158 Å². The summed E-state index contributed by atoms with van der Waals surface area (Å²) in [7, 11) is 5.10. The summed E-state index contributed by atoms with van der Waals surface area (Å²) in [5.41, 5.74) is 1.23. The third-order valence-electron chi connectivity index (χ3n) is 4.01. The number of aryl methyl sites for hydroxylation is 1. The summed E-state index contributed by atoms with van der Waals surface area (Å²) in [6.45, 7) is 5.55. The van der Waals surface area contributed by atoms with Gasteiger partial charge in [0.1, 0.15) is 0 Å². The quantitative estimate of drug-likeness (QED) is 0.320. The molecule has 0 unspecified atom stereocenters. The van der Waals surface area contributed by atoms with Gasteiger partial charge >= 0.3 is 0 Å². The minimum Gasteiger partial charge on any atom is -0.493 e. The molecule has 0 heterocycles. The van der Waals surface area contributed by atoms with Gasteiger partial charge in [-0.05, 0) is 43.4 Å². The molecular formula is C20H35N3O3. The normalized spacial score (nSPS) is 11.3. The lowest BCUT2D eigenvalue weighted by molar-refractivity contribution is 0.129. The van der Waals surface area contributed by atoms with Crippen LogP contribution in [0.1, 0.15) is 38.2 Å². The molecule has 26 heavy (non-hydrogen) atoms. The summed E-state index contributed by atoms with van der Waals surface area (Å²) in [5.74, 6) is 2.38. The summed E-state index contributed by atoms with van der Waals surface area (Å²) < 4.78 is 16.2. The topological polar surface area (TPSA) is 64.1 Å². The highest BCUT2D eigenvalue weighted by Gasteiger charge is 2.04. The number of unbranched alkanes of at least 4 members (excludes halogenated alkanes) is 1. The van der Waals surface area contributed by atoms with Crippen molar-refractivity contribution in [3.63, 3.8) is 0 Å². The van der Waals surface area contributed by atoms with Crippen molar-refractivity contribution in [3.8, 4) is 11.5 Å². The van der Waals surface area contributed by atoms with Crippen LogP contribution in [-0.4, -0.2) is 53.5 Å². The zero-order chi connectivity index (χ0) is 19.0. The highest BCUT2D eigenvalue weighted by molar-refractivity contribution is 5.79. The Balaban J connectivity index is 2.19. The third kappa shape index (κ3) is 8.94. The fourth-order valence-corrected chi connectivity index (χ4v) is 2.49. The second-order valence-electron chi connectivity index (χ2n) is 6.04. The van der Waals surface area contributed by atoms with Gasteiger partial charge in [-0.15, -0.1) is 0 Å². The standard InChI is InChI=1S/C20H35N3O3/c1-5-6-14-26-15-8-13-23-20(21-2)22-12-7-9-17-10-11-18(24-3)19(16-17)25-4/h10-11,16H,5-9,12-15H2,1-4H3,(H2,21,22,23). The monoisotopic (exact) mass is 365 g/mol. The van der Waals surface area contributed by atoms with Gasteiger partial charge in [0.15, 0.2) is 17.5 Å². The Morgan fingerprint density at radius 2 is 1.65 bits per heavy atom. The number of ether oxygens (including phenoxy) is 3. The van der Waals surface area contributed by atoms with E-state index in [1.54, 1.807) is 21.3 Å². The molecule has 6 nitrogen and oxygen atoms in total. The van der Waals surface area contributed by atoms with Gasteiger partial charge < -0.3 is 24.8 Å². The molecule has 0 aromatic heterocycles. The van der Waals surface area contributed by atoms with Gasteiger partial charge in [-0.25, -0.2) is 0 Å². The zero-order valence-corrected chi connectivity index (χ0v) is 16.8. The average Bonchev–Trinajstić information content (AvgIpc) is 2.68. The maximum absolute atomic E-state index is 5.55. The van der Waals surface area contributed by atoms with Gasteiger partial charge in [-0.1, -0.05) is 19.4 Å². The Morgan fingerprint density at radius 3 is 2.31 bits per heavy atom. The van der Waals surface area contributed by atoms with E-state index in [-0.39, 0.29) is 0 Å². The number of methoxy groups -OCH3 is 2. The second kappa shape index (κ2) is 14.2. The largest absolute Gasteiger partial charge is 0.493 e. The smallest absolute Gasteiger partial charge is 0.190 e. The number of hydrogen-bond acceptors (Lipinski definition) is 4. The molecule has 6 heteroatoms. The Hall–Kier alpha value is -1.95. The molecular weight excluding hydrogens is 330 g/mol. The molecule has 0 aliphatic carbocycles. The van der Waals surface area contributed by atoms with Gasteiger partial charge in [-0.3, -0.25) is 4.99 Å². The van der Waals surface area contributed by atoms with Crippen molar-refractivity contribution in [2.45, 2.75) is 39.0 Å². The third-order valence-corrected chi connectivity index (χ3v) is 4.01. The van der Waals surface area contributed by atoms with Crippen LogP contribution in [0.4, 0.5) is 0 Å². The van der Waals surface area contributed by atoms with Crippen molar-refractivity contribution in [2.75, 3.05) is 47.6 Å². The molecule has 2 N–H and O–H groups in total. The van der Waals surface area contributed by atoms with Gasteiger partial charge in [0, 0.05) is 33.4 Å². The van der Waals surface area contributed by atoms with Gasteiger partial charge in [0.2, 0.25) is 0 Å². The van der Waals surface area contributed by atoms with Crippen molar-refractivity contribution in [1.29, 1.82) is 0 Å². The minimum absolute atomic E-state index is 0.762. The van der Waals surface area contributed by atoms with Crippen LogP contribution in [0.5, 0.6) is 11.5 Å². The van der Waals surface area contributed by atoms with Gasteiger partial charge in [0.05, 0.1) is 14.2 Å². The van der Waals surface area contributed by atoms with E-state index in [9.17, 15) is 0 Å². The van der Waals surface area contributed by atoms with E-state index in [0.29, 0.717) is 0 Å². The van der Waals surface area contributed by atoms with Crippen LogP contribution in [0.2, 0.25) is 0 Å². The Morgan fingerprint density at radius 1 is 0.962 bits per heavy atom. The second-order valence-corrected chi connectivity index (χ2v) is 6.04. The molecule has 0 amide bonds. The highest BCUT2D eigenvalue weighted by Crippen LogP contribution is 2.27.